The van der Waals surface area contributed by atoms with Crippen LogP contribution in [0.4, 0.5) is 11.4 Å². The molecule has 1 spiro atoms. The average Bonchev–Trinajstić information content (AvgIpc) is 3.45. The van der Waals surface area contributed by atoms with Crippen LogP contribution in [0.5, 0.6) is 0 Å². The second kappa shape index (κ2) is 9.14. The molecular weight excluding hydrogens is 564 g/mol. The Morgan fingerprint density at radius 1 is 0.850 bits per heavy atom. The van der Waals surface area contributed by atoms with Crippen LogP contribution >= 0.6 is 15.9 Å². The Bertz CT molecular complexity index is 1730. The van der Waals surface area contributed by atoms with Gasteiger partial charge in [0.25, 0.3) is 0 Å². The minimum absolute atomic E-state index is 0.183. The van der Waals surface area contributed by atoms with E-state index in [1.807, 2.05) is 90.7 Å². The van der Waals surface area contributed by atoms with Crippen LogP contribution in [0.2, 0.25) is 0 Å². The highest BCUT2D eigenvalue weighted by Gasteiger charge is 2.70. The van der Waals surface area contributed by atoms with Crippen molar-refractivity contribution < 1.29 is 14.4 Å². The van der Waals surface area contributed by atoms with E-state index in [0.29, 0.717) is 16.8 Å². The van der Waals surface area contributed by atoms with Gasteiger partial charge in [-0.1, -0.05) is 101 Å². The Morgan fingerprint density at radius 3 is 2.33 bits per heavy atom. The van der Waals surface area contributed by atoms with Gasteiger partial charge < -0.3 is 10.2 Å². The van der Waals surface area contributed by atoms with Crippen molar-refractivity contribution in [1.29, 1.82) is 0 Å². The summed E-state index contributed by atoms with van der Waals surface area (Å²) in [7, 11) is 0. The lowest BCUT2D eigenvalue weighted by molar-refractivity contribution is -0.121. The summed E-state index contributed by atoms with van der Waals surface area (Å²) in [4.78, 5) is 45.7. The fourth-order valence-electron chi connectivity index (χ4n) is 6.84. The van der Waals surface area contributed by atoms with Crippen LogP contribution in [-0.4, -0.2) is 29.6 Å². The number of anilines is 2. The molecule has 5 nitrogen and oxygen atoms in total. The number of aryl methyl sites for hydroxylation is 1. The van der Waals surface area contributed by atoms with Crippen molar-refractivity contribution >= 4 is 50.9 Å². The highest BCUT2D eigenvalue weighted by molar-refractivity contribution is 9.10. The molecule has 1 saturated heterocycles. The lowest BCUT2D eigenvalue weighted by Crippen LogP contribution is -2.51. The fourth-order valence-corrected chi connectivity index (χ4v) is 7.11. The molecule has 0 aliphatic carbocycles. The molecule has 4 atom stereocenters. The zero-order valence-corrected chi connectivity index (χ0v) is 23.3. The molecule has 1 fully saturated rings. The molecule has 196 valence electrons. The van der Waals surface area contributed by atoms with E-state index in [4.69, 9.17) is 0 Å². The van der Waals surface area contributed by atoms with Gasteiger partial charge in [-0.15, -0.1) is 0 Å². The quantitative estimate of drug-likeness (QED) is 0.272. The third-order valence-corrected chi connectivity index (χ3v) is 9.06. The molecule has 7 rings (SSSR count). The third kappa shape index (κ3) is 3.42. The number of benzene rings is 4. The van der Waals surface area contributed by atoms with Crippen LogP contribution in [0.25, 0.3) is 6.08 Å². The summed E-state index contributed by atoms with van der Waals surface area (Å²) in [6, 6.07) is 28.4. The molecule has 3 aliphatic heterocycles. The number of rotatable bonds is 4. The third-order valence-electron chi connectivity index (χ3n) is 8.53. The van der Waals surface area contributed by atoms with Crippen molar-refractivity contribution in [3.05, 3.63) is 135 Å². The highest BCUT2D eigenvalue weighted by Crippen LogP contribution is 2.58. The van der Waals surface area contributed by atoms with Crippen molar-refractivity contribution in [3.8, 4) is 0 Å². The fraction of sp³-hybridized carbons (Fsp3) is 0.147. The van der Waals surface area contributed by atoms with Gasteiger partial charge in [-0.05, 0) is 47.9 Å². The molecule has 0 saturated carbocycles. The molecule has 1 N–H and O–H groups in total. The number of nitrogens with zero attached hydrogens (tertiary/aromatic N) is 1. The number of amides is 1. The summed E-state index contributed by atoms with van der Waals surface area (Å²) in [6.45, 7) is 2.01. The molecule has 4 aromatic carbocycles. The van der Waals surface area contributed by atoms with Gasteiger partial charge in [-0.2, -0.15) is 0 Å². The summed E-state index contributed by atoms with van der Waals surface area (Å²) in [5.74, 6) is -1.65. The molecule has 0 radical (unpaired) electrons. The van der Waals surface area contributed by atoms with Gasteiger partial charge in [0.05, 0.1) is 12.0 Å². The number of para-hydroxylation sites is 1. The minimum atomic E-state index is -1.31. The Morgan fingerprint density at radius 2 is 1.55 bits per heavy atom. The normalized spacial score (nSPS) is 23.9. The lowest BCUT2D eigenvalue weighted by atomic mass is 9.64. The first-order chi connectivity index (χ1) is 19.4. The lowest BCUT2D eigenvalue weighted by Gasteiger charge is -2.37. The first kappa shape index (κ1) is 24.7. The van der Waals surface area contributed by atoms with E-state index in [1.54, 1.807) is 24.3 Å². The molecule has 0 bridgehead atoms. The van der Waals surface area contributed by atoms with E-state index < -0.39 is 23.4 Å². The van der Waals surface area contributed by atoms with Crippen molar-refractivity contribution in [2.24, 2.45) is 5.92 Å². The Labute approximate surface area is 240 Å². The predicted molar refractivity (Wildman–Crippen MR) is 160 cm³/mol. The van der Waals surface area contributed by atoms with Crippen molar-refractivity contribution in [2.45, 2.75) is 24.4 Å². The van der Waals surface area contributed by atoms with Crippen LogP contribution in [0.15, 0.2) is 108 Å². The van der Waals surface area contributed by atoms with Gasteiger partial charge in [0.1, 0.15) is 11.5 Å². The largest absolute Gasteiger partial charge is 0.352 e. The van der Waals surface area contributed by atoms with Crippen molar-refractivity contribution in [3.63, 3.8) is 0 Å². The standard InChI is InChI=1S/C34H25BrN2O3/c1-20-11-12-21-15-18-28-34(25-9-5-6-10-26(25)36-33(34)40)29(31(38)23-13-16-24(35)17-14-23)30(37(28)27(21)19-20)32(39)22-7-3-2-4-8-22/h2-19,28-30H,1H3,(H,36,40)/t28-,29-,30+,34+/m1/s1. The van der Waals surface area contributed by atoms with E-state index in [2.05, 4.69) is 27.3 Å². The summed E-state index contributed by atoms with van der Waals surface area (Å²) in [6.07, 6.45) is 4.02. The zero-order valence-electron chi connectivity index (χ0n) is 21.7. The van der Waals surface area contributed by atoms with Crippen LogP contribution < -0.4 is 10.2 Å². The van der Waals surface area contributed by atoms with Gasteiger partial charge in [-0.3, -0.25) is 14.4 Å². The molecule has 0 unspecified atom stereocenters. The molecule has 1 amide bonds. The SMILES string of the molecule is Cc1ccc2c(c1)N1[C@H](C(=O)c3ccccc3)[C@H](C(=O)c3ccc(Br)cc3)[C@@]3(C(=O)Nc4ccccc43)[C@H]1C=C2. The summed E-state index contributed by atoms with van der Waals surface area (Å²) in [5, 5.41) is 3.07. The molecule has 0 aromatic heterocycles. The molecule has 6 heteroatoms. The number of ketones is 2. The molecule has 4 aromatic rings. The Hall–Kier alpha value is -4.29. The topological polar surface area (TPSA) is 66.5 Å². The number of fused-ring (bicyclic) bond motifs is 6. The van der Waals surface area contributed by atoms with Gasteiger partial charge in [-0.25, -0.2) is 0 Å². The number of Topliss-reactive ketones (excluding diaryl/α,β-unsaturated/α-hetero) is 2. The summed E-state index contributed by atoms with van der Waals surface area (Å²) in [5.41, 5.74) is 3.92. The Kier molecular flexibility index (Phi) is 5.65. The molecule has 40 heavy (non-hydrogen) atoms. The number of halogens is 1. The maximum absolute atomic E-state index is 14.7. The second-order valence-electron chi connectivity index (χ2n) is 10.7. The van der Waals surface area contributed by atoms with Crippen molar-refractivity contribution in [2.75, 3.05) is 10.2 Å². The number of nitrogens with one attached hydrogen (secondary N) is 1. The maximum Gasteiger partial charge on any atom is 0.238 e. The van der Waals surface area contributed by atoms with E-state index in [9.17, 15) is 14.4 Å². The van der Waals surface area contributed by atoms with E-state index in [0.717, 1.165) is 26.9 Å². The van der Waals surface area contributed by atoms with Gasteiger partial charge in [0.2, 0.25) is 5.91 Å². The van der Waals surface area contributed by atoms with Gasteiger partial charge in [0, 0.05) is 27.0 Å². The van der Waals surface area contributed by atoms with Crippen LogP contribution in [0, 0.1) is 12.8 Å². The van der Waals surface area contributed by atoms with Crippen molar-refractivity contribution in [1.82, 2.24) is 0 Å². The van der Waals surface area contributed by atoms with Gasteiger partial charge in [0.15, 0.2) is 11.6 Å². The summed E-state index contributed by atoms with van der Waals surface area (Å²) < 4.78 is 0.843. The number of carbonyl (C=O) groups excluding carboxylic acids is 3. The average molecular weight is 589 g/mol. The van der Waals surface area contributed by atoms with Crippen LogP contribution in [0.3, 0.4) is 0 Å². The number of carbonyl (C=O) groups is 3. The van der Waals surface area contributed by atoms with E-state index in [1.165, 1.54) is 0 Å². The van der Waals surface area contributed by atoms with Crippen LogP contribution in [0.1, 0.15) is 37.4 Å². The van der Waals surface area contributed by atoms with E-state index in [-0.39, 0.29) is 17.5 Å². The predicted octanol–water partition coefficient (Wildman–Crippen LogP) is 6.61. The summed E-state index contributed by atoms with van der Waals surface area (Å²) >= 11 is 3.46. The Balaban J connectivity index is 1.55. The minimum Gasteiger partial charge on any atom is -0.352 e. The number of hydrogen-bond donors (Lipinski definition) is 1. The number of hydrogen-bond acceptors (Lipinski definition) is 4. The van der Waals surface area contributed by atoms with Gasteiger partial charge >= 0.3 is 0 Å². The monoisotopic (exact) mass is 588 g/mol. The van der Waals surface area contributed by atoms with Crippen LogP contribution in [-0.2, 0) is 10.2 Å². The zero-order chi connectivity index (χ0) is 27.6. The van der Waals surface area contributed by atoms with E-state index >= 15 is 0 Å². The smallest absolute Gasteiger partial charge is 0.238 e. The highest BCUT2D eigenvalue weighted by atomic mass is 79.9. The molecular formula is C34H25BrN2O3. The maximum atomic E-state index is 14.7. The molecule has 3 aliphatic rings. The molecule has 3 heterocycles. The first-order valence-electron chi connectivity index (χ1n) is 13.3. The second-order valence-corrected chi connectivity index (χ2v) is 11.6. The first-order valence-corrected chi connectivity index (χ1v) is 14.1.